The standard InChI is InChI=1S/C22H18N4O3S/c27-19-8-4-1-5-16(19)21(29)26-25-20(28)15-11-9-14(10-12-15)13-30-22-23-17-6-2-3-7-18(17)24-22/h1-12,27H,13H2,(H,23,24)(H,25,28)(H,26,29). The molecule has 2 amide bonds. The van der Waals surface area contributed by atoms with Crippen molar-refractivity contribution in [1.29, 1.82) is 0 Å². The third kappa shape index (κ3) is 4.44. The first-order chi connectivity index (χ1) is 14.6. The van der Waals surface area contributed by atoms with E-state index >= 15 is 0 Å². The van der Waals surface area contributed by atoms with Crippen molar-refractivity contribution < 1.29 is 14.7 Å². The van der Waals surface area contributed by atoms with Crippen LogP contribution in [0.5, 0.6) is 5.75 Å². The maximum Gasteiger partial charge on any atom is 0.273 e. The second-order valence-corrected chi connectivity index (χ2v) is 7.43. The number of hydrogen-bond acceptors (Lipinski definition) is 5. The lowest BCUT2D eigenvalue weighted by Crippen LogP contribution is -2.41. The highest BCUT2D eigenvalue weighted by molar-refractivity contribution is 7.98. The van der Waals surface area contributed by atoms with Gasteiger partial charge in [0.15, 0.2) is 5.16 Å². The lowest BCUT2D eigenvalue weighted by molar-refractivity contribution is 0.0845. The predicted molar refractivity (Wildman–Crippen MR) is 115 cm³/mol. The Kier molecular flexibility index (Phi) is 5.67. The first-order valence-corrected chi connectivity index (χ1v) is 10.1. The number of aromatic nitrogens is 2. The van der Waals surface area contributed by atoms with Crippen molar-refractivity contribution in [1.82, 2.24) is 20.8 Å². The molecule has 0 aliphatic rings. The summed E-state index contributed by atoms with van der Waals surface area (Å²) in [6, 6.07) is 21.0. The largest absolute Gasteiger partial charge is 0.507 e. The molecule has 1 aromatic heterocycles. The summed E-state index contributed by atoms with van der Waals surface area (Å²) in [7, 11) is 0. The van der Waals surface area contributed by atoms with E-state index in [9.17, 15) is 14.7 Å². The quantitative estimate of drug-likeness (QED) is 0.292. The number of phenolic OH excluding ortho intramolecular Hbond substituents is 1. The number of amides is 2. The molecule has 4 N–H and O–H groups in total. The topological polar surface area (TPSA) is 107 Å². The first-order valence-electron chi connectivity index (χ1n) is 9.15. The van der Waals surface area contributed by atoms with Gasteiger partial charge in [-0.05, 0) is 42.0 Å². The SMILES string of the molecule is O=C(NNC(=O)c1ccccc1O)c1ccc(CSc2nc3ccccc3[nH]2)cc1. The van der Waals surface area contributed by atoms with Gasteiger partial charge in [-0.2, -0.15) is 0 Å². The Bertz CT molecular complexity index is 1170. The molecule has 0 bridgehead atoms. The Morgan fingerprint density at radius 3 is 2.37 bits per heavy atom. The summed E-state index contributed by atoms with van der Waals surface area (Å²) in [5, 5.41) is 10.5. The number of hydrazine groups is 1. The highest BCUT2D eigenvalue weighted by atomic mass is 32.2. The molecule has 0 fully saturated rings. The first kappa shape index (κ1) is 19.5. The summed E-state index contributed by atoms with van der Waals surface area (Å²) in [5.74, 6) is -0.503. The molecule has 4 aromatic rings. The van der Waals surface area contributed by atoms with Gasteiger partial charge in [0.2, 0.25) is 0 Å². The van der Waals surface area contributed by atoms with Crippen LogP contribution in [0.3, 0.4) is 0 Å². The number of para-hydroxylation sites is 3. The molecule has 0 aliphatic heterocycles. The van der Waals surface area contributed by atoms with Crippen LogP contribution >= 0.6 is 11.8 Å². The second-order valence-electron chi connectivity index (χ2n) is 6.47. The summed E-state index contributed by atoms with van der Waals surface area (Å²) < 4.78 is 0. The number of fused-ring (bicyclic) bond motifs is 1. The van der Waals surface area contributed by atoms with Crippen LogP contribution in [0.1, 0.15) is 26.3 Å². The average molecular weight is 418 g/mol. The van der Waals surface area contributed by atoms with Crippen LogP contribution in [0.15, 0.2) is 78.0 Å². The molecule has 0 unspecified atom stereocenters. The zero-order valence-electron chi connectivity index (χ0n) is 15.8. The van der Waals surface area contributed by atoms with Gasteiger partial charge >= 0.3 is 0 Å². The van der Waals surface area contributed by atoms with Gasteiger partial charge < -0.3 is 10.1 Å². The number of H-pyrrole nitrogens is 1. The lowest BCUT2D eigenvalue weighted by atomic mass is 10.1. The fourth-order valence-electron chi connectivity index (χ4n) is 2.82. The molecule has 4 rings (SSSR count). The van der Waals surface area contributed by atoms with E-state index < -0.39 is 11.8 Å². The highest BCUT2D eigenvalue weighted by Crippen LogP contribution is 2.23. The number of aromatic hydroxyl groups is 1. The molecular weight excluding hydrogens is 400 g/mol. The third-order valence-corrected chi connectivity index (χ3v) is 5.34. The zero-order chi connectivity index (χ0) is 20.9. The van der Waals surface area contributed by atoms with E-state index in [4.69, 9.17) is 0 Å². The molecule has 0 saturated heterocycles. The molecule has 0 aliphatic carbocycles. The second kappa shape index (κ2) is 8.71. The number of nitrogens with zero attached hydrogens (tertiary/aromatic N) is 1. The number of phenols is 1. The predicted octanol–water partition coefficient (Wildman–Crippen LogP) is 3.64. The monoisotopic (exact) mass is 418 g/mol. The van der Waals surface area contributed by atoms with Crippen molar-refractivity contribution in [3.05, 3.63) is 89.5 Å². The molecule has 0 spiro atoms. The number of aromatic amines is 1. The van der Waals surface area contributed by atoms with Crippen LogP contribution in [0.2, 0.25) is 0 Å². The van der Waals surface area contributed by atoms with Crippen molar-refractivity contribution in [3.8, 4) is 5.75 Å². The Balaban J connectivity index is 1.32. The zero-order valence-corrected chi connectivity index (χ0v) is 16.6. The van der Waals surface area contributed by atoms with Gasteiger partial charge in [-0.3, -0.25) is 20.4 Å². The minimum absolute atomic E-state index is 0.0794. The number of carbonyl (C=O) groups excluding carboxylic acids is 2. The van der Waals surface area contributed by atoms with Gasteiger partial charge in [0.05, 0.1) is 16.6 Å². The van der Waals surface area contributed by atoms with Crippen LogP contribution in [-0.2, 0) is 5.75 Å². The molecule has 0 saturated carbocycles. The number of rotatable bonds is 5. The van der Waals surface area contributed by atoms with Crippen molar-refractivity contribution in [2.75, 3.05) is 0 Å². The maximum atomic E-state index is 12.2. The van der Waals surface area contributed by atoms with Crippen LogP contribution in [0.4, 0.5) is 0 Å². The molecule has 0 atom stereocenters. The Morgan fingerprint density at radius 2 is 1.60 bits per heavy atom. The fourth-order valence-corrected chi connectivity index (χ4v) is 3.66. The Hall–Kier alpha value is -3.78. The minimum atomic E-state index is -0.597. The van der Waals surface area contributed by atoms with E-state index in [1.165, 1.54) is 12.1 Å². The van der Waals surface area contributed by atoms with Gasteiger partial charge in [0.25, 0.3) is 11.8 Å². The van der Waals surface area contributed by atoms with Gasteiger partial charge in [0, 0.05) is 11.3 Å². The average Bonchev–Trinajstić information content (AvgIpc) is 3.19. The van der Waals surface area contributed by atoms with Crippen molar-refractivity contribution in [2.45, 2.75) is 10.9 Å². The van der Waals surface area contributed by atoms with Crippen LogP contribution in [0, 0.1) is 0 Å². The van der Waals surface area contributed by atoms with E-state index in [1.54, 1.807) is 36.0 Å². The van der Waals surface area contributed by atoms with Crippen molar-refractivity contribution >= 4 is 34.6 Å². The van der Waals surface area contributed by atoms with E-state index in [1.807, 2.05) is 36.4 Å². The van der Waals surface area contributed by atoms with E-state index in [2.05, 4.69) is 20.8 Å². The summed E-state index contributed by atoms with van der Waals surface area (Å²) >= 11 is 1.58. The van der Waals surface area contributed by atoms with Crippen LogP contribution < -0.4 is 10.9 Å². The fraction of sp³-hybridized carbons (Fsp3) is 0.0455. The van der Waals surface area contributed by atoms with Crippen LogP contribution in [-0.4, -0.2) is 26.9 Å². The maximum absolute atomic E-state index is 12.2. The van der Waals surface area contributed by atoms with Gasteiger partial charge in [-0.15, -0.1) is 0 Å². The van der Waals surface area contributed by atoms with Crippen molar-refractivity contribution in [3.63, 3.8) is 0 Å². The Morgan fingerprint density at radius 1 is 0.900 bits per heavy atom. The molecule has 30 heavy (non-hydrogen) atoms. The molecule has 3 aromatic carbocycles. The third-order valence-electron chi connectivity index (χ3n) is 4.40. The molecule has 1 heterocycles. The lowest BCUT2D eigenvalue weighted by Gasteiger charge is -2.09. The normalized spacial score (nSPS) is 10.7. The molecule has 8 heteroatoms. The van der Waals surface area contributed by atoms with Gasteiger partial charge in [-0.1, -0.05) is 48.2 Å². The van der Waals surface area contributed by atoms with Gasteiger partial charge in [0.1, 0.15) is 5.75 Å². The van der Waals surface area contributed by atoms with E-state index in [0.717, 1.165) is 21.8 Å². The minimum Gasteiger partial charge on any atom is -0.507 e. The number of nitrogens with one attached hydrogen (secondary N) is 3. The number of thioether (sulfide) groups is 1. The summed E-state index contributed by atoms with van der Waals surface area (Å²) in [6.07, 6.45) is 0. The number of carbonyl (C=O) groups is 2. The smallest absolute Gasteiger partial charge is 0.273 e. The summed E-state index contributed by atoms with van der Waals surface area (Å²) in [6.45, 7) is 0. The molecule has 0 radical (unpaired) electrons. The highest BCUT2D eigenvalue weighted by Gasteiger charge is 2.12. The van der Waals surface area contributed by atoms with Crippen molar-refractivity contribution in [2.24, 2.45) is 0 Å². The molecule has 150 valence electrons. The molecular formula is C22H18N4O3S. The molecule has 7 nitrogen and oxygen atoms in total. The number of benzene rings is 3. The van der Waals surface area contributed by atoms with Crippen LogP contribution in [0.25, 0.3) is 11.0 Å². The van der Waals surface area contributed by atoms with Gasteiger partial charge in [-0.25, -0.2) is 4.98 Å². The van der Waals surface area contributed by atoms with E-state index in [0.29, 0.717) is 11.3 Å². The number of imidazole rings is 1. The number of hydrogen-bond donors (Lipinski definition) is 4. The summed E-state index contributed by atoms with van der Waals surface area (Å²) in [4.78, 5) is 32.1. The Labute approximate surface area is 176 Å². The summed E-state index contributed by atoms with van der Waals surface area (Å²) in [5.41, 5.74) is 8.09. The van der Waals surface area contributed by atoms with E-state index in [-0.39, 0.29) is 11.3 Å².